The summed E-state index contributed by atoms with van der Waals surface area (Å²) in [5.41, 5.74) is -1.64. The summed E-state index contributed by atoms with van der Waals surface area (Å²) in [6.07, 6.45) is -3.99. The van der Waals surface area contributed by atoms with Crippen molar-refractivity contribution in [2.75, 3.05) is 25.1 Å². The minimum Gasteiger partial charge on any atom is -0.386 e. The standard InChI is InChI=1S/C13H15F3N2O3/c14-13(15,16)9-1-3-10(4-2-9)18-11(19)17-7-12(20)5-6-21-8-12/h1-4,20H,5-8H2,(H2,17,18,19)/t12-/m1/s1. The van der Waals surface area contributed by atoms with Crippen molar-refractivity contribution in [3.8, 4) is 0 Å². The van der Waals surface area contributed by atoms with Gasteiger partial charge in [0.05, 0.1) is 18.7 Å². The maximum absolute atomic E-state index is 12.4. The Morgan fingerprint density at radius 2 is 2.00 bits per heavy atom. The monoisotopic (exact) mass is 304 g/mol. The molecule has 2 rings (SSSR count). The number of alkyl halides is 3. The number of urea groups is 1. The number of halogens is 3. The van der Waals surface area contributed by atoms with Crippen LogP contribution in [-0.4, -0.2) is 36.5 Å². The van der Waals surface area contributed by atoms with E-state index in [1.54, 1.807) is 0 Å². The number of carbonyl (C=O) groups excluding carboxylic acids is 1. The third-order valence-corrected chi connectivity index (χ3v) is 3.13. The largest absolute Gasteiger partial charge is 0.416 e. The van der Waals surface area contributed by atoms with Gasteiger partial charge < -0.3 is 20.5 Å². The molecule has 1 aromatic rings. The number of amides is 2. The van der Waals surface area contributed by atoms with Crippen LogP contribution in [0.4, 0.5) is 23.7 Å². The molecule has 0 aromatic heterocycles. The molecular weight excluding hydrogens is 289 g/mol. The second-order valence-electron chi connectivity index (χ2n) is 4.91. The zero-order chi connectivity index (χ0) is 15.5. The van der Waals surface area contributed by atoms with E-state index < -0.39 is 23.4 Å². The van der Waals surface area contributed by atoms with Crippen LogP contribution in [0.2, 0.25) is 0 Å². The molecule has 2 amide bonds. The van der Waals surface area contributed by atoms with E-state index >= 15 is 0 Å². The van der Waals surface area contributed by atoms with Crippen LogP contribution in [0.15, 0.2) is 24.3 Å². The van der Waals surface area contributed by atoms with Crippen molar-refractivity contribution in [2.45, 2.75) is 18.2 Å². The summed E-state index contributed by atoms with van der Waals surface area (Å²) in [5, 5.41) is 14.8. The summed E-state index contributed by atoms with van der Waals surface area (Å²) in [7, 11) is 0. The van der Waals surface area contributed by atoms with Gasteiger partial charge in [-0.3, -0.25) is 0 Å². The fraction of sp³-hybridized carbons (Fsp3) is 0.462. The summed E-state index contributed by atoms with van der Waals surface area (Å²) >= 11 is 0. The first-order valence-corrected chi connectivity index (χ1v) is 6.31. The highest BCUT2D eigenvalue weighted by Crippen LogP contribution is 2.29. The Morgan fingerprint density at radius 1 is 1.33 bits per heavy atom. The number of aliphatic hydroxyl groups is 1. The first-order chi connectivity index (χ1) is 9.78. The predicted octanol–water partition coefficient (Wildman–Crippen LogP) is 1.98. The van der Waals surface area contributed by atoms with Gasteiger partial charge in [0.1, 0.15) is 5.60 Å². The van der Waals surface area contributed by atoms with Crippen molar-refractivity contribution in [3.05, 3.63) is 29.8 Å². The van der Waals surface area contributed by atoms with Crippen LogP contribution in [0.5, 0.6) is 0 Å². The molecule has 21 heavy (non-hydrogen) atoms. The molecule has 1 aromatic carbocycles. The van der Waals surface area contributed by atoms with Crippen molar-refractivity contribution < 1.29 is 27.8 Å². The fourth-order valence-electron chi connectivity index (χ4n) is 1.90. The highest BCUT2D eigenvalue weighted by atomic mass is 19.4. The second-order valence-corrected chi connectivity index (χ2v) is 4.91. The van der Waals surface area contributed by atoms with Gasteiger partial charge in [-0.15, -0.1) is 0 Å². The predicted molar refractivity (Wildman–Crippen MR) is 68.9 cm³/mol. The van der Waals surface area contributed by atoms with Crippen molar-refractivity contribution in [3.63, 3.8) is 0 Å². The number of benzene rings is 1. The third-order valence-electron chi connectivity index (χ3n) is 3.13. The van der Waals surface area contributed by atoms with E-state index in [0.29, 0.717) is 13.0 Å². The minimum absolute atomic E-state index is 0.0134. The molecule has 0 bridgehead atoms. The van der Waals surface area contributed by atoms with E-state index in [4.69, 9.17) is 4.74 Å². The van der Waals surface area contributed by atoms with Crippen molar-refractivity contribution >= 4 is 11.7 Å². The van der Waals surface area contributed by atoms with E-state index in [1.165, 1.54) is 0 Å². The van der Waals surface area contributed by atoms with Crippen molar-refractivity contribution in [1.82, 2.24) is 5.32 Å². The molecule has 1 aliphatic heterocycles. The molecule has 1 fully saturated rings. The van der Waals surface area contributed by atoms with E-state index in [2.05, 4.69) is 10.6 Å². The van der Waals surface area contributed by atoms with Gasteiger partial charge in [-0.2, -0.15) is 13.2 Å². The molecule has 0 unspecified atom stereocenters. The molecule has 0 spiro atoms. The molecule has 8 heteroatoms. The lowest BCUT2D eigenvalue weighted by molar-refractivity contribution is -0.137. The average Bonchev–Trinajstić information content (AvgIpc) is 2.84. The summed E-state index contributed by atoms with van der Waals surface area (Å²) in [5.74, 6) is 0. The van der Waals surface area contributed by atoms with Crippen molar-refractivity contribution in [1.29, 1.82) is 0 Å². The molecule has 1 aliphatic rings. The number of anilines is 1. The Morgan fingerprint density at radius 3 is 2.52 bits per heavy atom. The molecular formula is C13H15F3N2O3. The van der Waals surface area contributed by atoms with Crippen LogP contribution >= 0.6 is 0 Å². The maximum atomic E-state index is 12.4. The SMILES string of the molecule is O=C(NC[C@]1(O)CCOC1)Nc1ccc(C(F)(F)F)cc1. The zero-order valence-electron chi connectivity index (χ0n) is 11.0. The van der Waals surface area contributed by atoms with Crippen LogP contribution in [0.25, 0.3) is 0 Å². The van der Waals surface area contributed by atoms with E-state index in [-0.39, 0.29) is 18.8 Å². The molecule has 1 heterocycles. The van der Waals surface area contributed by atoms with E-state index in [1.807, 2.05) is 0 Å². The van der Waals surface area contributed by atoms with Gasteiger partial charge >= 0.3 is 12.2 Å². The molecule has 116 valence electrons. The normalized spacial score (nSPS) is 22.1. The third kappa shape index (κ3) is 4.33. The zero-order valence-corrected chi connectivity index (χ0v) is 11.0. The van der Waals surface area contributed by atoms with Gasteiger partial charge in [0, 0.05) is 18.7 Å². The number of hydrogen-bond acceptors (Lipinski definition) is 3. The highest BCUT2D eigenvalue weighted by molar-refractivity contribution is 5.89. The van der Waals surface area contributed by atoms with Gasteiger partial charge in [-0.25, -0.2) is 4.79 Å². The summed E-state index contributed by atoms with van der Waals surface area (Å²) in [4.78, 5) is 11.6. The molecule has 1 atom stereocenters. The van der Waals surface area contributed by atoms with E-state index in [0.717, 1.165) is 24.3 Å². The summed E-state index contributed by atoms with van der Waals surface area (Å²) in [6, 6.07) is 3.49. The maximum Gasteiger partial charge on any atom is 0.416 e. The highest BCUT2D eigenvalue weighted by Gasteiger charge is 2.32. The molecule has 0 saturated carbocycles. The Kier molecular flexibility index (Phi) is 4.38. The van der Waals surface area contributed by atoms with Gasteiger partial charge in [0.15, 0.2) is 0 Å². The molecule has 5 nitrogen and oxygen atoms in total. The minimum atomic E-state index is -4.41. The van der Waals surface area contributed by atoms with Gasteiger partial charge in [0.25, 0.3) is 0 Å². The van der Waals surface area contributed by atoms with Gasteiger partial charge in [-0.05, 0) is 24.3 Å². The first-order valence-electron chi connectivity index (χ1n) is 6.31. The lowest BCUT2D eigenvalue weighted by Gasteiger charge is -2.20. The number of carbonyl (C=O) groups is 1. The van der Waals surface area contributed by atoms with Crippen LogP contribution in [0.3, 0.4) is 0 Å². The Balaban J connectivity index is 1.85. The smallest absolute Gasteiger partial charge is 0.386 e. The topological polar surface area (TPSA) is 70.6 Å². The summed E-state index contributed by atoms with van der Waals surface area (Å²) in [6.45, 7) is 0.589. The van der Waals surface area contributed by atoms with Crippen LogP contribution < -0.4 is 10.6 Å². The lowest BCUT2D eigenvalue weighted by Crippen LogP contribution is -2.44. The number of ether oxygens (including phenoxy) is 1. The molecule has 0 radical (unpaired) electrons. The molecule has 0 aliphatic carbocycles. The Hall–Kier alpha value is -1.80. The van der Waals surface area contributed by atoms with Crippen LogP contribution in [0, 0.1) is 0 Å². The first kappa shape index (κ1) is 15.6. The van der Waals surface area contributed by atoms with E-state index in [9.17, 15) is 23.1 Å². The average molecular weight is 304 g/mol. The summed E-state index contributed by atoms with van der Waals surface area (Å²) < 4.78 is 42.2. The van der Waals surface area contributed by atoms with Crippen LogP contribution in [-0.2, 0) is 10.9 Å². The molecule has 3 N–H and O–H groups in total. The Labute approximate surface area is 119 Å². The van der Waals surface area contributed by atoms with Gasteiger partial charge in [-0.1, -0.05) is 0 Å². The number of rotatable bonds is 3. The lowest BCUT2D eigenvalue weighted by atomic mass is 10.0. The Bertz CT molecular complexity index is 496. The quantitative estimate of drug-likeness (QED) is 0.799. The molecule has 1 saturated heterocycles. The van der Waals surface area contributed by atoms with Crippen LogP contribution in [0.1, 0.15) is 12.0 Å². The number of hydrogen-bond donors (Lipinski definition) is 3. The fourth-order valence-corrected chi connectivity index (χ4v) is 1.90. The second kappa shape index (κ2) is 5.90. The number of nitrogens with one attached hydrogen (secondary N) is 2. The van der Waals surface area contributed by atoms with Crippen molar-refractivity contribution in [2.24, 2.45) is 0 Å². The van der Waals surface area contributed by atoms with Gasteiger partial charge in [0.2, 0.25) is 0 Å².